The van der Waals surface area contributed by atoms with E-state index in [4.69, 9.17) is 13.9 Å². The first-order valence-electron chi connectivity index (χ1n) is 14.7. The van der Waals surface area contributed by atoms with Gasteiger partial charge >= 0.3 is 11.9 Å². The molecule has 46 heavy (non-hydrogen) atoms. The molecular weight excluding hydrogens is 588 g/mol. The molecule has 0 unspecified atom stereocenters. The fraction of sp³-hybridized carbons (Fsp3) is 0.222. The van der Waals surface area contributed by atoms with Crippen molar-refractivity contribution in [3.05, 3.63) is 100 Å². The van der Waals surface area contributed by atoms with Crippen LogP contribution < -0.4 is 10.3 Å². The highest BCUT2D eigenvalue weighted by molar-refractivity contribution is 6.04. The van der Waals surface area contributed by atoms with Gasteiger partial charge in [0.05, 0.1) is 27.1 Å². The van der Waals surface area contributed by atoms with Gasteiger partial charge in [-0.25, -0.2) is 0 Å². The third kappa shape index (κ3) is 6.71. The van der Waals surface area contributed by atoms with Crippen molar-refractivity contribution in [1.82, 2.24) is 4.90 Å². The molecule has 3 aromatic rings. The number of aryl methyl sites for hydroxylation is 1. The van der Waals surface area contributed by atoms with E-state index in [0.29, 0.717) is 16.9 Å². The van der Waals surface area contributed by atoms with E-state index in [0.717, 1.165) is 39.0 Å². The number of methoxy groups -OCH3 is 2. The van der Waals surface area contributed by atoms with E-state index in [1.54, 1.807) is 30.3 Å². The second kappa shape index (κ2) is 13.6. The molecule has 1 heterocycles. The third-order valence-electron chi connectivity index (χ3n) is 7.96. The molecule has 0 bridgehead atoms. The minimum atomic E-state index is -0.464. The Labute approximate surface area is 265 Å². The van der Waals surface area contributed by atoms with Crippen molar-refractivity contribution < 1.29 is 33.4 Å². The number of nitrogens with zero attached hydrogens (tertiary/aromatic N) is 2. The molecule has 0 atom stereocenters. The number of ether oxygens (including phenoxy) is 2. The Balaban J connectivity index is 1.56. The van der Waals surface area contributed by atoms with Crippen molar-refractivity contribution >= 4 is 40.2 Å². The van der Waals surface area contributed by atoms with E-state index in [9.17, 15) is 24.3 Å². The summed E-state index contributed by atoms with van der Waals surface area (Å²) < 4.78 is 15.7. The monoisotopic (exact) mass is 622 g/mol. The molecule has 5 rings (SSSR count). The Morgan fingerprint density at radius 2 is 1.41 bits per heavy atom. The summed E-state index contributed by atoms with van der Waals surface area (Å²) in [6, 6.07) is 22.7. The van der Waals surface area contributed by atoms with Gasteiger partial charge in [0.15, 0.2) is 5.43 Å². The van der Waals surface area contributed by atoms with Gasteiger partial charge in [-0.05, 0) is 78.7 Å². The zero-order chi connectivity index (χ0) is 33.0. The molecule has 0 saturated carbocycles. The lowest BCUT2D eigenvalue weighted by Gasteiger charge is -2.23. The molecule has 1 N–H and O–H groups in total. The van der Waals surface area contributed by atoms with Crippen LogP contribution in [0, 0.1) is 6.92 Å². The number of phenols is 1. The van der Waals surface area contributed by atoms with Crippen molar-refractivity contribution in [2.75, 3.05) is 39.3 Å². The maximum Gasteiger partial charge on any atom is 0.307 e. The van der Waals surface area contributed by atoms with E-state index in [1.807, 2.05) is 55.3 Å². The summed E-state index contributed by atoms with van der Waals surface area (Å²) in [4.78, 5) is 53.0. The van der Waals surface area contributed by atoms with Crippen molar-refractivity contribution in [3.63, 3.8) is 0 Å². The normalized spacial score (nSPS) is 11.0. The lowest BCUT2D eigenvalue weighted by molar-refractivity contribution is -0.140. The number of phenolic OH excluding ortho intramolecular Hbond substituents is 1. The second-order valence-corrected chi connectivity index (χ2v) is 10.9. The lowest BCUT2D eigenvalue weighted by Crippen LogP contribution is -2.35. The molecule has 1 aliphatic heterocycles. The number of fused-ring (bicyclic) bond motifs is 2. The van der Waals surface area contributed by atoms with Crippen LogP contribution in [-0.4, -0.2) is 62.2 Å². The molecule has 0 aromatic heterocycles. The Hall–Kier alpha value is -5.64. The van der Waals surface area contributed by atoms with Crippen LogP contribution in [0.4, 0.5) is 11.4 Å². The zero-order valence-electron chi connectivity index (χ0n) is 26.0. The van der Waals surface area contributed by atoms with Crippen molar-refractivity contribution in [1.29, 1.82) is 0 Å². The van der Waals surface area contributed by atoms with Crippen LogP contribution in [-0.2, 0) is 19.1 Å². The van der Waals surface area contributed by atoms with Gasteiger partial charge < -0.3 is 28.8 Å². The molecule has 0 spiro atoms. The predicted molar refractivity (Wildman–Crippen MR) is 175 cm³/mol. The average Bonchev–Trinajstić information content (AvgIpc) is 3.06. The standard InChI is InChI=1S/C36H34N2O8/c1-22-19-23(36(43)38(17-15-33(41)44-3)18-16-34(42)45-4)5-12-28(22)35-29-13-8-25(37(2)24-6-9-26(39)10-7-24)20-31(29)46-32-21-27(40)11-14-30(32)35/h5-14,19-21,39H,15-18H2,1-4H3. The van der Waals surface area contributed by atoms with Crippen molar-refractivity contribution in [2.24, 2.45) is 0 Å². The van der Waals surface area contributed by atoms with Gasteiger partial charge in [0.25, 0.3) is 5.91 Å². The van der Waals surface area contributed by atoms with Gasteiger partial charge in [0, 0.05) is 65.7 Å². The van der Waals surface area contributed by atoms with Crippen LogP contribution in [0.1, 0.15) is 28.8 Å². The number of carbonyl (C=O) groups is 3. The highest BCUT2D eigenvalue weighted by Gasteiger charge is 2.23. The summed E-state index contributed by atoms with van der Waals surface area (Å²) in [5.74, 6) is -0.661. The summed E-state index contributed by atoms with van der Waals surface area (Å²) in [7, 11) is 4.47. The van der Waals surface area contributed by atoms with Crippen LogP contribution in [0.15, 0.2) is 88.1 Å². The molecule has 10 nitrogen and oxygen atoms in total. The van der Waals surface area contributed by atoms with Gasteiger partial charge in [-0.1, -0.05) is 6.07 Å². The highest BCUT2D eigenvalue weighted by Crippen LogP contribution is 2.42. The Kier molecular flexibility index (Phi) is 9.37. The fourth-order valence-corrected chi connectivity index (χ4v) is 5.41. The van der Waals surface area contributed by atoms with Gasteiger partial charge in [-0.3, -0.25) is 19.2 Å². The second-order valence-electron chi connectivity index (χ2n) is 10.9. The number of rotatable bonds is 10. The van der Waals surface area contributed by atoms with E-state index in [1.165, 1.54) is 31.3 Å². The molecule has 2 aliphatic rings. The summed E-state index contributed by atoms with van der Waals surface area (Å²) in [6.07, 6.45) is -0.0325. The van der Waals surface area contributed by atoms with Gasteiger partial charge in [0.1, 0.15) is 17.1 Å². The Morgan fingerprint density at radius 3 is 2.04 bits per heavy atom. The summed E-state index contributed by atoms with van der Waals surface area (Å²) in [5, 5.41) is 10.5. The average molecular weight is 623 g/mol. The number of esters is 2. The maximum absolute atomic E-state index is 13.6. The van der Waals surface area contributed by atoms with Gasteiger partial charge in [-0.15, -0.1) is 0 Å². The fourth-order valence-electron chi connectivity index (χ4n) is 5.41. The van der Waals surface area contributed by atoms with E-state index >= 15 is 0 Å². The number of aromatic hydroxyl groups is 1. The highest BCUT2D eigenvalue weighted by atomic mass is 16.5. The molecule has 3 aromatic carbocycles. The Bertz CT molecular complexity index is 1930. The first kappa shape index (κ1) is 31.8. The van der Waals surface area contributed by atoms with Crippen LogP contribution in [0.3, 0.4) is 0 Å². The van der Waals surface area contributed by atoms with Crippen LogP contribution in [0.5, 0.6) is 5.75 Å². The largest absolute Gasteiger partial charge is 0.508 e. The molecule has 0 fully saturated rings. The number of carbonyl (C=O) groups excluding carboxylic acids is 3. The van der Waals surface area contributed by atoms with Crippen LogP contribution in [0.25, 0.3) is 33.4 Å². The first-order chi connectivity index (χ1) is 22.1. The SMILES string of the molecule is COC(=O)CCN(CCC(=O)OC)C(=O)c1ccc(-c2c3ccc(=O)cc-3oc3cc(N(C)c4ccc(O)cc4)ccc23)c(C)c1. The molecule has 1 amide bonds. The zero-order valence-corrected chi connectivity index (χ0v) is 26.0. The first-order valence-corrected chi connectivity index (χ1v) is 14.7. The third-order valence-corrected chi connectivity index (χ3v) is 7.96. The maximum atomic E-state index is 13.6. The van der Waals surface area contributed by atoms with E-state index < -0.39 is 11.9 Å². The van der Waals surface area contributed by atoms with E-state index in [2.05, 4.69) is 0 Å². The number of hydrogen-bond acceptors (Lipinski definition) is 9. The molecule has 0 radical (unpaired) electrons. The van der Waals surface area contributed by atoms with Crippen molar-refractivity contribution in [3.8, 4) is 28.2 Å². The smallest absolute Gasteiger partial charge is 0.307 e. The number of anilines is 2. The lowest BCUT2D eigenvalue weighted by atomic mass is 9.90. The van der Waals surface area contributed by atoms with Gasteiger partial charge in [0.2, 0.25) is 0 Å². The minimum Gasteiger partial charge on any atom is -0.508 e. The molecule has 236 valence electrons. The molecule has 10 heteroatoms. The molecule has 0 saturated heterocycles. The van der Waals surface area contributed by atoms with Gasteiger partial charge in [-0.2, -0.15) is 0 Å². The van der Waals surface area contributed by atoms with Crippen molar-refractivity contribution in [2.45, 2.75) is 19.8 Å². The number of amides is 1. The molecular formula is C36H34N2O8. The predicted octanol–water partition coefficient (Wildman–Crippen LogP) is 5.92. The number of benzene rings is 4. The van der Waals surface area contributed by atoms with E-state index in [-0.39, 0.29) is 43.0 Å². The van der Waals surface area contributed by atoms with Crippen LogP contribution >= 0.6 is 0 Å². The Morgan fingerprint density at radius 1 is 0.783 bits per heavy atom. The summed E-state index contributed by atoms with van der Waals surface area (Å²) >= 11 is 0. The summed E-state index contributed by atoms with van der Waals surface area (Å²) in [5.41, 5.74) is 5.71. The quantitative estimate of drug-likeness (QED) is 0.149. The molecule has 1 aliphatic carbocycles. The van der Waals surface area contributed by atoms with Crippen LogP contribution in [0.2, 0.25) is 0 Å². The minimum absolute atomic E-state index is 0.0163. The topological polar surface area (TPSA) is 127 Å². The summed E-state index contributed by atoms with van der Waals surface area (Å²) in [6.45, 7) is 2.06. The number of hydrogen-bond donors (Lipinski definition) is 1.